The van der Waals surface area contributed by atoms with E-state index in [-0.39, 0.29) is 23.9 Å². The van der Waals surface area contributed by atoms with Crippen LogP contribution in [0.1, 0.15) is 35.6 Å². The zero-order chi connectivity index (χ0) is 21.5. The van der Waals surface area contributed by atoms with E-state index in [0.29, 0.717) is 13.2 Å². The van der Waals surface area contributed by atoms with Gasteiger partial charge in [-0.1, -0.05) is 72.8 Å². The molecule has 0 bridgehead atoms. The summed E-state index contributed by atoms with van der Waals surface area (Å²) in [6.45, 7) is 2.92. The number of hydrogen-bond acceptors (Lipinski definition) is 3. The third-order valence-corrected chi connectivity index (χ3v) is 6.10. The molecule has 162 valence electrons. The van der Waals surface area contributed by atoms with Crippen molar-refractivity contribution in [2.24, 2.45) is 5.92 Å². The van der Waals surface area contributed by atoms with E-state index in [0.717, 1.165) is 42.6 Å². The van der Waals surface area contributed by atoms with Gasteiger partial charge in [0.15, 0.2) is 0 Å². The Morgan fingerprint density at radius 1 is 0.903 bits per heavy atom. The fraction of sp³-hybridized carbons (Fsp3) is 0.333. The molecule has 3 nitrogen and oxygen atoms in total. The third-order valence-electron chi connectivity index (χ3n) is 6.10. The maximum absolute atomic E-state index is 13.1. The molecule has 0 radical (unpaired) electrons. The highest BCUT2D eigenvalue weighted by molar-refractivity contribution is 5.29. The first-order valence-corrected chi connectivity index (χ1v) is 11.1. The summed E-state index contributed by atoms with van der Waals surface area (Å²) < 4.78 is 19.4. The van der Waals surface area contributed by atoms with Gasteiger partial charge in [-0.25, -0.2) is 4.39 Å². The standard InChI is InChI=1S/C27H30FNO2/c28-25-13-11-21(12-14-25)19-29-17-15-22(26(30)20-29)16-18-31-27(23-7-3-1-4-8-23)24-9-5-2-6-10-24/h1-14,22,26-27,30H,15-20H2/t22-,26+/m1/s1. The van der Waals surface area contributed by atoms with Crippen LogP contribution >= 0.6 is 0 Å². The minimum Gasteiger partial charge on any atom is -0.392 e. The second kappa shape index (κ2) is 10.7. The van der Waals surface area contributed by atoms with Crippen molar-refractivity contribution in [3.63, 3.8) is 0 Å². The fourth-order valence-electron chi connectivity index (χ4n) is 4.35. The number of aliphatic hydroxyl groups excluding tert-OH is 1. The van der Waals surface area contributed by atoms with Crippen LogP contribution in [0.25, 0.3) is 0 Å². The van der Waals surface area contributed by atoms with Crippen LogP contribution < -0.4 is 0 Å². The molecule has 1 saturated heterocycles. The molecule has 0 amide bonds. The lowest BCUT2D eigenvalue weighted by atomic mass is 9.91. The van der Waals surface area contributed by atoms with E-state index >= 15 is 0 Å². The fourth-order valence-corrected chi connectivity index (χ4v) is 4.35. The first-order chi connectivity index (χ1) is 15.2. The average Bonchev–Trinajstić information content (AvgIpc) is 2.81. The maximum atomic E-state index is 13.1. The van der Waals surface area contributed by atoms with Crippen molar-refractivity contribution in [3.8, 4) is 0 Å². The first kappa shape index (κ1) is 21.7. The predicted molar refractivity (Wildman–Crippen MR) is 121 cm³/mol. The summed E-state index contributed by atoms with van der Waals surface area (Å²) in [6, 6.07) is 27.2. The molecule has 0 spiro atoms. The zero-order valence-corrected chi connectivity index (χ0v) is 17.7. The van der Waals surface area contributed by atoms with E-state index in [2.05, 4.69) is 29.2 Å². The normalized spacial score (nSPS) is 19.6. The molecule has 1 fully saturated rings. The van der Waals surface area contributed by atoms with Gasteiger partial charge in [0.2, 0.25) is 0 Å². The number of likely N-dealkylation sites (tertiary alicyclic amines) is 1. The molecule has 31 heavy (non-hydrogen) atoms. The molecule has 0 aromatic heterocycles. The molecule has 1 aliphatic rings. The third kappa shape index (κ3) is 6.01. The lowest BCUT2D eigenvalue weighted by Crippen LogP contribution is -2.43. The lowest BCUT2D eigenvalue weighted by Gasteiger charge is -2.36. The molecular weight excluding hydrogens is 389 g/mol. The molecule has 1 heterocycles. The highest BCUT2D eigenvalue weighted by Gasteiger charge is 2.28. The van der Waals surface area contributed by atoms with E-state index < -0.39 is 0 Å². The minimum atomic E-state index is -0.371. The number of halogens is 1. The van der Waals surface area contributed by atoms with Crippen LogP contribution in [-0.2, 0) is 11.3 Å². The van der Waals surface area contributed by atoms with Crippen LogP contribution in [0.2, 0.25) is 0 Å². The first-order valence-electron chi connectivity index (χ1n) is 11.1. The number of ether oxygens (including phenoxy) is 1. The largest absolute Gasteiger partial charge is 0.392 e. The van der Waals surface area contributed by atoms with Crippen molar-refractivity contribution in [1.82, 2.24) is 4.90 Å². The number of piperidine rings is 1. The van der Waals surface area contributed by atoms with Gasteiger partial charge in [0.05, 0.1) is 6.10 Å². The Kier molecular flexibility index (Phi) is 7.47. The average molecular weight is 420 g/mol. The molecule has 4 rings (SSSR count). The van der Waals surface area contributed by atoms with Gasteiger partial charge in [-0.15, -0.1) is 0 Å². The summed E-state index contributed by atoms with van der Waals surface area (Å²) in [4.78, 5) is 2.24. The van der Waals surface area contributed by atoms with E-state index in [1.54, 1.807) is 0 Å². The molecule has 3 aromatic rings. The Morgan fingerprint density at radius 2 is 1.52 bits per heavy atom. The van der Waals surface area contributed by atoms with Gasteiger partial charge in [0, 0.05) is 19.7 Å². The van der Waals surface area contributed by atoms with Crippen molar-refractivity contribution in [2.75, 3.05) is 19.7 Å². The van der Waals surface area contributed by atoms with Crippen LogP contribution in [0.5, 0.6) is 0 Å². The Labute approximate surface area is 184 Å². The van der Waals surface area contributed by atoms with E-state index in [1.807, 2.05) is 48.5 Å². The predicted octanol–water partition coefficient (Wildman–Crippen LogP) is 5.20. The quantitative estimate of drug-likeness (QED) is 0.544. The summed E-state index contributed by atoms with van der Waals surface area (Å²) in [7, 11) is 0. The zero-order valence-electron chi connectivity index (χ0n) is 17.7. The molecule has 1 N–H and O–H groups in total. The highest BCUT2D eigenvalue weighted by Crippen LogP contribution is 2.28. The van der Waals surface area contributed by atoms with Gasteiger partial charge < -0.3 is 9.84 Å². The number of benzene rings is 3. The highest BCUT2D eigenvalue weighted by atomic mass is 19.1. The van der Waals surface area contributed by atoms with Crippen molar-refractivity contribution in [1.29, 1.82) is 0 Å². The maximum Gasteiger partial charge on any atom is 0.123 e. The molecule has 0 saturated carbocycles. The number of β-amino-alcohol motifs (C(OH)–C–C–N with tert-alkyl or cyclic N) is 1. The number of nitrogens with zero attached hydrogens (tertiary/aromatic N) is 1. The van der Waals surface area contributed by atoms with Crippen molar-refractivity contribution < 1.29 is 14.2 Å². The summed E-state index contributed by atoms with van der Waals surface area (Å²) in [5.41, 5.74) is 3.36. The Bertz CT molecular complexity index is 877. The SMILES string of the molecule is O[C@H]1CN(Cc2ccc(F)cc2)CC[C@@H]1CCOC(c1ccccc1)c1ccccc1. The van der Waals surface area contributed by atoms with Gasteiger partial charge in [-0.05, 0) is 54.1 Å². The van der Waals surface area contributed by atoms with Gasteiger partial charge in [0.25, 0.3) is 0 Å². The van der Waals surface area contributed by atoms with Gasteiger partial charge in [-0.2, -0.15) is 0 Å². The summed E-state index contributed by atoms with van der Waals surface area (Å²) in [5, 5.41) is 10.7. The van der Waals surface area contributed by atoms with Crippen LogP contribution in [0, 0.1) is 11.7 Å². The molecule has 3 aromatic carbocycles. The van der Waals surface area contributed by atoms with Crippen molar-refractivity contribution in [3.05, 3.63) is 107 Å². The Morgan fingerprint density at radius 3 is 2.10 bits per heavy atom. The smallest absolute Gasteiger partial charge is 0.123 e. The van der Waals surface area contributed by atoms with E-state index in [4.69, 9.17) is 4.74 Å². The van der Waals surface area contributed by atoms with Crippen LogP contribution in [0.3, 0.4) is 0 Å². The second-order valence-corrected chi connectivity index (χ2v) is 8.34. The number of hydrogen-bond donors (Lipinski definition) is 1. The summed E-state index contributed by atoms with van der Waals surface area (Å²) in [5.74, 6) is 0.0171. The minimum absolute atomic E-state index is 0.0990. The number of aliphatic hydroxyl groups is 1. The van der Waals surface area contributed by atoms with Crippen LogP contribution in [0.4, 0.5) is 4.39 Å². The topological polar surface area (TPSA) is 32.7 Å². The Balaban J connectivity index is 1.30. The molecule has 0 aliphatic carbocycles. The Hall–Kier alpha value is -2.53. The van der Waals surface area contributed by atoms with Gasteiger partial charge in [-0.3, -0.25) is 4.90 Å². The van der Waals surface area contributed by atoms with Crippen LogP contribution in [-0.4, -0.2) is 35.8 Å². The molecular formula is C27H30FNO2. The summed E-state index contributed by atoms with van der Waals surface area (Å²) >= 11 is 0. The van der Waals surface area contributed by atoms with Gasteiger partial charge >= 0.3 is 0 Å². The van der Waals surface area contributed by atoms with Crippen LogP contribution in [0.15, 0.2) is 84.9 Å². The van der Waals surface area contributed by atoms with E-state index in [9.17, 15) is 9.50 Å². The van der Waals surface area contributed by atoms with Crippen molar-refractivity contribution >= 4 is 0 Å². The van der Waals surface area contributed by atoms with Gasteiger partial charge in [0.1, 0.15) is 11.9 Å². The van der Waals surface area contributed by atoms with Crippen molar-refractivity contribution in [2.45, 2.75) is 31.6 Å². The lowest BCUT2D eigenvalue weighted by molar-refractivity contribution is -0.00577. The van der Waals surface area contributed by atoms with E-state index in [1.165, 1.54) is 12.1 Å². The number of rotatable bonds is 8. The second-order valence-electron chi connectivity index (χ2n) is 8.34. The monoisotopic (exact) mass is 419 g/mol. The molecule has 2 atom stereocenters. The summed E-state index contributed by atoms with van der Waals surface area (Å²) in [6.07, 6.45) is 1.30. The molecule has 1 aliphatic heterocycles. The molecule has 0 unspecified atom stereocenters. The molecule has 4 heteroatoms.